The van der Waals surface area contributed by atoms with Crippen molar-refractivity contribution >= 4 is 10.9 Å². The number of aromatic nitrogens is 4. The van der Waals surface area contributed by atoms with E-state index in [2.05, 4.69) is 26.2 Å². The summed E-state index contributed by atoms with van der Waals surface area (Å²) in [5, 5.41) is 9.89. The van der Waals surface area contributed by atoms with Crippen LogP contribution in [-0.4, -0.2) is 58.2 Å². The van der Waals surface area contributed by atoms with Gasteiger partial charge in [-0.15, -0.1) is 0 Å². The van der Waals surface area contributed by atoms with Gasteiger partial charge in [0.2, 0.25) is 5.89 Å². The average molecular weight is 355 g/mol. The maximum absolute atomic E-state index is 5.59. The van der Waals surface area contributed by atoms with Gasteiger partial charge >= 0.3 is 0 Å². The van der Waals surface area contributed by atoms with Crippen molar-refractivity contribution in [1.82, 2.24) is 24.8 Å². The number of para-hydroxylation sites is 1. The van der Waals surface area contributed by atoms with Crippen LogP contribution in [-0.2, 0) is 4.74 Å². The van der Waals surface area contributed by atoms with Gasteiger partial charge in [-0.25, -0.2) is 0 Å². The fourth-order valence-electron chi connectivity index (χ4n) is 3.69. The number of ether oxygens (including phenoxy) is 1. The van der Waals surface area contributed by atoms with Gasteiger partial charge in [0.15, 0.2) is 0 Å². The van der Waals surface area contributed by atoms with Gasteiger partial charge in [-0.05, 0) is 50.5 Å². The second kappa shape index (κ2) is 7.55. The average Bonchev–Trinajstić information content (AvgIpc) is 3.28. The van der Waals surface area contributed by atoms with Crippen LogP contribution >= 0.6 is 0 Å². The van der Waals surface area contributed by atoms with Crippen molar-refractivity contribution in [3.05, 3.63) is 35.9 Å². The van der Waals surface area contributed by atoms with E-state index in [9.17, 15) is 0 Å². The molecule has 0 unspecified atom stereocenters. The molecule has 1 saturated heterocycles. The quantitative estimate of drug-likeness (QED) is 0.633. The largest absolute Gasteiger partial charge is 0.385 e. The van der Waals surface area contributed by atoms with Gasteiger partial charge in [0.05, 0.1) is 11.2 Å². The fraction of sp³-hybridized carbons (Fsp3) is 0.526. The summed E-state index contributed by atoms with van der Waals surface area (Å²) in [6.45, 7) is 6.04. The fourth-order valence-corrected chi connectivity index (χ4v) is 3.69. The predicted molar refractivity (Wildman–Crippen MR) is 98.6 cm³/mol. The van der Waals surface area contributed by atoms with Crippen molar-refractivity contribution in [2.45, 2.75) is 32.1 Å². The van der Waals surface area contributed by atoms with Crippen LogP contribution in [0.25, 0.3) is 16.9 Å². The van der Waals surface area contributed by atoms with Gasteiger partial charge < -0.3 is 14.2 Å². The summed E-state index contributed by atoms with van der Waals surface area (Å²) in [6, 6.07) is 8.11. The summed E-state index contributed by atoms with van der Waals surface area (Å²) in [7, 11) is 1.75. The summed E-state index contributed by atoms with van der Waals surface area (Å²) in [6.07, 6.45) is 3.18. The Hall–Kier alpha value is -2.25. The molecule has 7 heteroatoms. The van der Waals surface area contributed by atoms with Crippen molar-refractivity contribution in [3.8, 4) is 5.95 Å². The molecular formula is C19H25N5O2. The lowest BCUT2D eigenvalue weighted by molar-refractivity contribution is 0.152. The monoisotopic (exact) mass is 355 g/mol. The standard InChI is InChI=1S/C19H25N5O2/c1-14-16-6-3-4-7-17(16)24(21-14)19-20-18(26-22-19)15-8-11-23(12-9-15)10-5-13-25-2/h3-4,6-7,15H,5,8-13H2,1-2H3. The Morgan fingerprint density at radius 1 is 1.23 bits per heavy atom. The van der Waals surface area contributed by atoms with Crippen molar-refractivity contribution in [2.75, 3.05) is 33.4 Å². The van der Waals surface area contributed by atoms with Crippen molar-refractivity contribution in [2.24, 2.45) is 0 Å². The molecule has 1 aliphatic heterocycles. The highest BCUT2D eigenvalue weighted by Crippen LogP contribution is 2.28. The van der Waals surface area contributed by atoms with E-state index in [1.54, 1.807) is 11.8 Å². The molecule has 0 N–H and O–H groups in total. The van der Waals surface area contributed by atoms with E-state index in [0.717, 1.165) is 68.0 Å². The summed E-state index contributed by atoms with van der Waals surface area (Å²) in [5.41, 5.74) is 1.97. The van der Waals surface area contributed by atoms with Crippen LogP contribution in [0.3, 0.4) is 0 Å². The van der Waals surface area contributed by atoms with Crippen LogP contribution in [0.4, 0.5) is 0 Å². The summed E-state index contributed by atoms with van der Waals surface area (Å²) in [4.78, 5) is 7.14. The second-order valence-corrected chi connectivity index (χ2v) is 6.91. The lowest BCUT2D eigenvalue weighted by Crippen LogP contribution is -2.34. The van der Waals surface area contributed by atoms with E-state index < -0.39 is 0 Å². The van der Waals surface area contributed by atoms with E-state index in [4.69, 9.17) is 9.26 Å². The number of aryl methyl sites for hydroxylation is 1. The normalized spacial score (nSPS) is 16.5. The van der Waals surface area contributed by atoms with Gasteiger partial charge in [-0.1, -0.05) is 18.2 Å². The van der Waals surface area contributed by atoms with Crippen molar-refractivity contribution in [1.29, 1.82) is 0 Å². The number of methoxy groups -OCH3 is 1. The Morgan fingerprint density at radius 2 is 2.04 bits per heavy atom. The molecule has 4 rings (SSSR count). The van der Waals surface area contributed by atoms with Gasteiger partial charge in [0.1, 0.15) is 0 Å². The topological polar surface area (TPSA) is 69.2 Å². The third kappa shape index (κ3) is 3.37. The molecule has 1 aliphatic rings. The van der Waals surface area contributed by atoms with Gasteiger partial charge in [0, 0.05) is 31.6 Å². The number of hydrogen-bond donors (Lipinski definition) is 0. The molecule has 2 aromatic heterocycles. The molecule has 0 amide bonds. The highest BCUT2D eigenvalue weighted by atomic mass is 16.5. The number of hydrogen-bond acceptors (Lipinski definition) is 6. The molecule has 0 aliphatic carbocycles. The lowest BCUT2D eigenvalue weighted by atomic mass is 9.97. The molecule has 1 aromatic carbocycles. The maximum Gasteiger partial charge on any atom is 0.291 e. The molecule has 0 radical (unpaired) electrons. The highest BCUT2D eigenvalue weighted by molar-refractivity contribution is 5.82. The van der Waals surface area contributed by atoms with Gasteiger partial charge in [0.25, 0.3) is 5.95 Å². The molecule has 0 bridgehead atoms. The Kier molecular flexibility index (Phi) is 4.99. The molecule has 3 aromatic rings. The number of rotatable bonds is 6. The van der Waals surface area contributed by atoms with E-state index in [1.807, 2.05) is 25.1 Å². The van der Waals surface area contributed by atoms with E-state index in [0.29, 0.717) is 11.9 Å². The Morgan fingerprint density at radius 3 is 2.85 bits per heavy atom. The molecule has 0 atom stereocenters. The summed E-state index contributed by atoms with van der Waals surface area (Å²) in [5.74, 6) is 1.58. The zero-order chi connectivity index (χ0) is 17.9. The number of likely N-dealkylation sites (tertiary alicyclic amines) is 1. The zero-order valence-electron chi connectivity index (χ0n) is 15.4. The summed E-state index contributed by atoms with van der Waals surface area (Å²) < 4.78 is 12.5. The number of piperidine rings is 1. The zero-order valence-corrected chi connectivity index (χ0v) is 15.4. The molecular weight excluding hydrogens is 330 g/mol. The van der Waals surface area contributed by atoms with Crippen LogP contribution in [0, 0.1) is 6.92 Å². The van der Waals surface area contributed by atoms with Crippen LogP contribution in [0.5, 0.6) is 0 Å². The second-order valence-electron chi connectivity index (χ2n) is 6.91. The first kappa shape index (κ1) is 17.2. The van der Waals surface area contributed by atoms with Crippen molar-refractivity contribution < 1.29 is 9.26 Å². The first-order valence-corrected chi connectivity index (χ1v) is 9.26. The predicted octanol–water partition coefficient (Wildman–Crippen LogP) is 2.93. The first-order valence-electron chi connectivity index (χ1n) is 9.26. The Balaban J connectivity index is 1.45. The third-order valence-electron chi connectivity index (χ3n) is 5.15. The van der Waals surface area contributed by atoms with Crippen LogP contribution in [0.15, 0.2) is 28.8 Å². The number of fused-ring (bicyclic) bond motifs is 1. The van der Waals surface area contributed by atoms with E-state index in [-0.39, 0.29) is 0 Å². The van der Waals surface area contributed by atoms with Crippen molar-refractivity contribution in [3.63, 3.8) is 0 Å². The lowest BCUT2D eigenvalue weighted by Gasteiger charge is -2.30. The van der Waals surface area contributed by atoms with Crippen LogP contribution < -0.4 is 0 Å². The van der Waals surface area contributed by atoms with Crippen LogP contribution in [0.1, 0.15) is 36.8 Å². The molecule has 7 nitrogen and oxygen atoms in total. The third-order valence-corrected chi connectivity index (χ3v) is 5.15. The Bertz CT molecular complexity index is 864. The highest BCUT2D eigenvalue weighted by Gasteiger charge is 2.25. The molecule has 138 valence electrons. The summed E-state index contributed by atoms with van der Waals surface area (Å²) >= 11 is 0. The number of nitrogens with zero attached hydrogens (tertiary/aromatic N) is 5. The van der Waals surface area contributed by atoms with Gasteiger partial charge in [-0.2, -0.15) is 14.8 Å². The number of benzene rings is 1. The molecule has 26 heavy (non-hydrogen) atoms. The van der Waals surface area contributed by atoms with Gasteiger partial charge in [-0.3, -0.25) is 0 Å². The molecule has 1 fully saturated rings. The van der Waals surface area contributed by atoms with Crippen LogP contribution in [0.2, 0.25) is 0 Å². The minimum Gasteiger partial charge on any atom is -0.385 e. The SMILES string of the molecule is COCCCN1CCC(c2nc(-n3nc(C)c4ccccc43)no2)CC1. The smallest absolute Gasteiger partial charge is 0.291 e. The molecule has 3 heterocycles. The molecule has 0 spiro atoms. The minimum atomic E-state index is 0.331. The molecule has 0 saturated carbocycles. The first-order chi connectivity index (χ1) is 12.8. The minimum absolute atomic E-state index is 0.331. The van der Waals surface area contributed by atoms with E-state index >= 15 is 0 Å². The Labute approximate surface area is 152 Å². The maximum atomic E-state index is 5.59. The van der Waals surface area contributed by atoms with E-state index in [1.165, 1.54) is 0 Å².